The molecule has 0 unspecified atom stereocenters. The van der Waals surface area contributed by atoms with Gasteiger partial charge in [0.15, 0.2) is 9.84 Å². The summed E-state index contributed by atoms with van der Waals surface area (Å²) in [4.78, 5) is 10.9. The molecule has 84 valence electrons. The zero-order valence-corrected chi connectivity index (χ0v) is 9.60. The lowest BCUT2D eigenvalue weighted by Gasteiger charge is -2.03. The summed E-state index contributed by atoms with van der Waals surface area (Å²) in [5.74, 6) is -1.05. The molecule has 0 aromatic carbocycles. The largest absolute Gasteiger partial charge is 0.465 e. The van der Waals surface area contributed by atoms with Gasteiger partial charge in [0.25, 0.3) is 0 Å². The van der Waals surface area contributed by atoms with Crippen LogP contribution >= 0.6 is 0 Å². The van der Waals surface area contributed by atoms with Crippen LogP contribution in [0.25, 0.3) is 0 Å². The second-order valence-electron chi connectivity index (χ2n) is 3.10. The van der Waals surface area contributed by atoms with Crippen LogP contribution in [0.2, 0.25) is 0 Å². The van der Waals surface area contributed by atoms with Gasteiger partial charge in [-0.3, -0.25) is 4.79 Å². The lowest BCUT2D eigenvalue weighted by molar-refractivity contribution is -0.139. The first-order valence-electron chi connectivity index (χ1n) is 4.88. The van der Waals surface area contributed by atoms with Gasteiger partial charge in [0.05, 0.1) is 12.4 Å². The summed E-state index contributed by atoms with van der Waals surface area (Å²) in [6.45, 7) is 3.88. The second-order valence-corrected chi connectivity index (χ2v) is 5.29. The molecule has 0 heterocycles. The average molecular weight is 222 g/mol. The van der Waals surface area contributed by atoms with Crippen molar-refractivity contribution in [2.24, 2.45) is 0 Å². The number of carbonyl (C=O) groups is 1. The van der Waals surface area contributed by atoms with E-state index in [1.54, 1.807) is 6.92 Å². The van der Waals surface area contributed by atoms with E-state index in [2.05, 4.69) is 4.74 Å². The first-order valence-corrected chi connectivity index (χ1v) is 6.70. The van der Waals surface area contributed by atoms with Crippen LogP contribution in [-0.2, 0) is 19.4 Å². The lowest BCUT2D eigenvalue weighted by Crippen LogP contribution is -2.20. The Balaban J connectivity index is 3.89. The molecule has 5 heteroatoms. The molecule has 0 fully saturated rings. The van der Waals surface area contributed by atoms with Crippen LogP contribution in [0.1, 0.15) is 33.1 Å². The number of esters is 1. The van der Waals surface area contributed by atoms with Gasteiger partial charge >= 0.3 is 5.97 Å². The van der Waals surface area contributed by atoms with E-state index in [9.17, 15) is 13.2 Å². The molecule has 0 aliphatic rings. The van der Waals surface area contributed by atoms with Gasteiger partial charge in [-0.2, -0.15) is 0 Å². The smallest absolute Gasteiger partial charge is 0.321 e. The normalized spacial score (nSPS) is 11.3. The molecule has 4 nitrogen and oxygen atoms in total. The Labute approximate surface area is 85.6 Å². The molecule has 0 amide bonds. The third kappa shape index (κ3) is 6.88. The molecule has 0 spiro atoms. The van der Waals surface area contributed by atoms with Crippen LogP contribution in [0, 0.1) is 0 Å². The topological polar surface area (TPSA) is 60.4 Å². The summed E-state index contributed by atoms with van der Waals surface area (Å²) < 4.78 is 27.1. The molecular weight excluding hydrogens is 204 g/mol. The Morgan fingerprint density at radius 1 is 1.21 bits per heavy atom. The van der Waals surface area contributed by atoms with E-state index >= 15 is 0 Å². The maximum absolute atomic E-state index is 11.3. The van der Waals surface area contributed by atoms with Crippen LogP contribution in [-0.4, -0.2) is 32.5 Å². The summed E-state index contributed by atoms with van der Waals surface area (Å²) in [5, 5.41) is 0. The van der Waals surface area contributed by atoms with Crippen molar-refractivity contribution < 1.29 is 17.9 Å². The van der Waals surface area contributed by atoms with E-state index in [1.165, 1.54) is 0 Å². The molecule has 0 saturated heterocycles. The van der Waals surface area contributed by atoms with Crippen molar-refractivity contribution in [1.82, 2.24) is 0 Å². The van der Waals surface area contributed by atoms with E-state index in [1.807, 2.05) is 6.92 Å². The average Bonchev–Trinajstić information content (AvgIpc) is 2.03. The maximum atomic E-state index is 11.3. The summed E-state index contributed by atoms with van der Waals surface area (Å²) >= 11 is 0. The zero-order valence-electron chi connectivity index (χ0n) is 8.78. The molecule has 0 radical (unpaired) electrons. The molecular formula is C9H18O4S. The van der Waals surface area contributed by atoms with Crippen LogP contribution in [0.15, 0.2) is 0 Å². The second kappa shape index (κ2) is 6.81. The van der Waals surface area contributed by atoms with Gasteiger partial charge in [0, 0.05) is 0 Å². The van der Waals surface area contributed by atoms with Crippen molar-refractivity contribution in [3.8, 4) is 0 Å². The molecule has 0 rings (SSSR count). The molecule has 0 aromatic heterocycles. The predicted octanol–water partition coefficient (Wildman–Crippen LogP) is 1.15. The van der Waals surface area contributed by atoms with E-state index < -0.39 is 21.6 Å². The summed E-state index contributed by atoms with van der Waals surface area (Å²) in [5.41, 5.74) is 0. The Hall–Kier alpha value is -0.580. The van der Waals surface area contributed by atoms with E-state index in [0.29, 0.717) is 6.42 Å². The van der Waals surface area contributed by atoms with Crippen molar-refractivity contribution in [2.45, 2.75) is 33.1 Å². The fourth-order valence-corrected chi connectivity index (χ4v) is 2.26. The first kappa shape index (κ1) is 13.4. The van der Waals surface area contributed by atoms with Gasteiger partial charge in [-0.25, -0.2) is 8.42 Å². The third-order valence-electron chi connectivity index (χ3n) is 1.70. The maximum Gasteiger partial charge on any atom is 0.321 e. The van der Waals surface area contributed by atoms with Gasteiger partial charge in [0.2, 0.25) is 0 Å². The SMILES string of the molecule is CCCCCS(=O)(=O)CC(=O)OCC. The number of unbranched alkanes of at least 4 members (excludes halogenated alkanes) is 2. The molecule has 0 N–H and O–H groups in total. The number of sulfone groups is 1. The summed E-state index contributed by atoms with van der Waals surface area (Å²) in [6, 6.07) is 0. The highest BCUT2D eigenvalue weighted by Crippen LogP contribution is 2.00. The number of rotatable bonds is 7. The molecule has 0 saturated carbocycles. The van der Waals surface area contributed by atoms with Gasteiger partial charge in [0.1, 0.15) is 5.75 Å². The van der Waals surface area contributed by atoms with Crippen molar-refractivity contribution in [2.75, 3.05) is 18.1 Å². The molecule has 0 bridgehead atoms. The van der Waals surface area contributed by atoms with E-state index in [4.69, 9.17) is 0 Å². The fraction of sp³-hybridized carbons (Fsp3) is 0.889. The van der Waals surface area contributed by atoms with Gasteiger partial charge in [-0.15, -0.1) is 0 Å². The number of hydrogen-bond donors (Lipinski definition) is 0. The minimum atomic E-state index is -3.25. The molecule has 0 aliphatic heterocycles. The third-order valence-corrected chi connectivity index (χ3v) is 3.29. The van der Waals surface area contributed by atoms with Crippen LogP contribution in [0.3, 0.4) is 0 Å². The predicted molar refractivity (Wildman–Crippen MR) is 54.8 cm³/mol. The molecule has 0 atom stereocenters. The summed E-state index contributed by atoms with van der Waals surface area (Å²) in [7, 11) is -3.25. The van der Waals surface area contributed by atoms with Crippen LogP contribution in [0.5, 0.6) is 0 Å². The molecule has 0 aliphatic carbocycles. The van der Waals surface area contributed by atoms with E-state index in [-0.39, 0.29) is 12.4 Å². The van der Waals surface area contributed by atoms with Gasteiger partial charge in [-0.05, 0) is 13.3 Å². The van der Waals surface area contributed by atoms with Crippen LogP contribution < -0.4 is 0 Å². The number of hydrogen-bond acceptors (Lipinski definition) is 4. The van der Waals surface area contributed by atoms with Crippen molar-refractivity contribution in [3.05, 3.63) is 0 Å². The van der Waals surface area contributed by atoms with Crippen molar-refractivity contribution >= 4 is 15.8 Å². The molecule has 14 heavy (non-hydrogen) atoms. The Morgan fingerprint density at radius 2 is 1.86 bits per heavy atom. The van der Waals surface area contributed by atoms with Crippen molar-refractivity contribution in [1.29, 1.82) is 0 Å². The number of ether oxygens (including phenoxy) is 1. The quantitative estimate of drug-likeness (QED) is 0.479. The van der Waals surface area contributed by atoms with Gasteiger partial charge in [-0.1, -0.05) is 19.8 Å². The number of carbonyl (C=O) groups excluding carboxylic acids is 1. The zero-order chi connectivity index (χ0) is 11.0. The highest BCUT2D eigenvalue weighted by molar-refractivity contribution is 7.92. The minimum absolute atomic E-state index is 0.0830. The first-order chi connectivity index (χ1) is 6.52. The Morgan fingerprint density at radius 3 is 2.36 bits per heavy atom. The van der Waals surface area contributed by atoms with Crippen molar-refractivity contribution in [3.63, 3.8) is 0 Å². The van der Waals surface area contributed by atoms with Crippen LogP contribution in [0.4, 0.5) is 0 Å². The summed E-state index contributed by atoms with van der Waals surface area (Å²) in [6.07, 6.45) is 2.47. The van der Waals surface area contributed by atoms with Gasteiger partial charge < -0.3 is 4.74 Å². The lowest BCUT2D eigenvalue weighted by atomic mass is 10.3. The highest BCUT2D eigenvalue weighted by atomic mass is 32.2. The fourth-order valence-electron chi connectivity index (χ4n) is 1.03. The van der Waals surface area contributed by atoms with E-state index in [0.717, 1.165) is 12.8 Å². The Bertz CT molecular complexity index is 256. The minimum Gasteiger partial charge on any atom is -0.465 e. The molecule has 0 aromatic rings. The monoisotopic (exact) mass is 222 g/mol. The highest BCUT2D eigenvalue weighted by Gasteiger charge is 2.16. The standard InChI is InChI=1S/C9H18O4S/c1-3-5-6-7-14(11,12)8-9(10)13-4-2/h3-8H2,1-2H3. The Kier molecular flexibility index (Phi) is 6.53.